The molecule has 0 aliphatic heterocycles. The van der Waals surface area contributed by atoms with Crippen molar-refractivity contribution in [1.29, 1.82) is 0 Å². The second-order valence-electron chi connectivity index (χ2n) is 8.56. The first-order chi connectivity index (χ1) is 14.0. The molecule has 0 aliphatic carbocycles. The molecular formula is C26H34OSi2. The van der Waals surface area contributed by atoms with Crippen LogP contribution in [0.5, 0.6) is 0 Å². The summed E-state index contributed by atoms with van der Waals surface area (Å²) >= 11 is 0. The Morgan fingerprint density at radius 1 is 0.690 bits per heavy atom. The molecule has 2 atom stereocenters. The first-order valence-electron chi connectivity index (χ1n) is 10.8. The first kappa shape index (κ1) is 21.8. The van der Waals surface area contributed by atoms with Gasteiger partial charge in [-0.15, -0.1) is 0 Å². The average Bonchev–Trinajstić information content (AvgIpc) is 2.75. The van der Waals surface area contributed by atoms with E-state index >= 15 is 0 Å². The molecule has 3 aromatic carbocycles. The van der Waals surface area contributed by atoms with Crippen molar-refractivity contribution in [1.82, 2.24) is 0 Å². The summed E-state index contributed by atoms with van der Waals surface area (Å²) in [6.45, 7) is 9.28. The van der Waals surface area contributed by atoms with Crippen LogP contribution in [-0.2, 0) is 10.2 Å². The average molecular weight is 419 g/mol. The third kappa shape index (κ3) is 5.56. The Bertz CT molecular complexity index is 880. The molecule has 3 rings (SSSR count). The van der Waals surface area contributed by atoms with Crippen LogP contribution in [0, 0.1) is 6.92 Å². The lowest BCUT2D eigenvalue weighted by atomic mass is 10.2. The van der Waals surface area contributed by atoms with Gasteiger partial charge in [-0.3, -0.25) is 0 Å². The molecule has 1 nitrogen and oxygen atoms in total. The molecule has 0 aromatic heterocycles. The van der Waals surface area contributed by atoms with Crippen molar-refractivity contribution in [3.8, 4) is 0 Å². The van der Waals surface area contributed by atoms with Crippen molar-refractivity contribution in [3.63, 3.8) is 0 Å². The summed E-state index contributed by atoms with van der Waals surface area (Å²) in [5, 5.41) is 2.82. The number of hydrogen-bond donors (Lipinski definition) is 0. The van der Waals surface area contributed by atoms with E-state index in [2.05, 4.69) is 112 Å². The maximum atomic E-state index is 7.41. The standard InChI is InChI=1S/C26H34OSi2/c1-5-6-21-28(3,25-13-9-7-10-14-25)27-29(4,26-15-11-8-12-16-26)22-24-19-17-23(2)18-20-24/h7-20H,5-6,21-22H2,1-4H3. The molecule has 0 saturated heterocycles. The zero-order valence-electron chi connectivity index (χ0n) is 18.3. The predicted molar refractivity (Wildman–Crippen MR) is 131 cm³/mol. The van der Waals surface area contributed by atoms with Gasteiger partial charge < -0.3 is 4.12 Å². The summed E-state index contributed by atoms with van der Waals surface area (Å²) in [5.41, 5.74) is 2.69. The fourth-order valence-electron chi connectivity index (χ4n) is 4.14. The van der Waals surface area contributed by atoms with Crippen LogP contribution in [0.1, 0.15) is 30.9 Å². The minimum Gasteiger partial charge on any atom is -0.448 e. The second-order valence-corrected chi connectivity index (χ2v) is 16.3. The maximum Gasteiger partial charge on any atom is 0.213 e. The Kier molecular flexibility index (Phi) is 7.28. The molecule has 0 fully saturated rings. The van der Waals surface area contributed by atoms with Gasteiger partial charge in [-0.1, -0.05) is 110 Å². The molecule has 0 bridgehead atoms. The number of rotatable bonds is 9. The Labute approximate surface area is 179 Å². The highest BCUT2D eigenvalue weighted by molar-refractivity contribution is 6.97. The summed E-state index contributed by atoms with van der Waals surface area (Å²) in [6, 6.07) is 33.2. The number of unbranched alkanes of at least 4 members (excludes halogenated alkanes) is 1. The summed E-state index contributed by atoms with van der Waals surface area (Å²) in [4.78, 5) is 0. The number of hydrogen-bond acceptors (Lipinski definition) is 1. The lowest BCUT2D eigenvalue weighted by Gasteiger charge is -2.39. The molecular weight excluding hydrogens is 384 g/mol. The monoisotopic (exact) mass is 418 g/mol. The van der Waals surface area contributed by atoms with Crippen LogP contribution in [0.15, 0.2) is 84.9 Å². The van der Waals surface area contributed by atoms with Gasteiger partial charge >= 0.3 is 0 Å². The largest absolute Gasteiger partial charge is 0.448 e. The Balaban J connectivity index is 2.01. The van der Waals surface area contributed by atoms with E-state index in [4.69, 9.17) is 4.12 Å². The molecule has 152 valence electrons. The highest BCUT2D eigenvalue weighted by Crippen LogP contribution is 2.24. The van der Waals surface area contributed by atoms with Gasteiger partial charge in [-0.2, -0.15) is 0 Å². The lowest BCUT2D eigenvalue weighted by molar-refractivity contribution is 0.547. The minimum absolute atomic E-state index is 1.01. The second kappa shape index (κ2) is 9.70. The van der Waals surface area contributed by atoms with E-state index in [1.54, 1.807) is 0 Å². The van der Waals surface area contributed by atoms with E-state index in [1.807, 2.05) is 0 Å². The summed E-state index contributed by atoms with van der Waals surface area (Å²) in [5.74, 6) is 0. The van der Waals surface area contributed by atoms with Crippen LogP contribution in [0.25, 0.3) is 0 Å². The van der Waals surface area contributed by atoms with Crippen molar-refractivity contribution < 1.29 is 4.12 Å². The van der Waals surface area contributed by atoms with E-state index < -0.39 is 16.6 Å². The van der Waals surface area contributed by atoms with E-state index in [1.165, 1.54) is 40.4 Å². The summed E-state index contributed by atoms with van der Waals surface area (Å²) in [7, 11) is -4.26. The SMILES string of the molecule is CCCC[Si](C)(O[Si](C)(Cc1ccc(C)cc1)c1ccccc1)c1ccccc1. The first-order valence-corrected chi connectivity index (χ1v) is 16.0. The molecule has 2 unspecified atom stereocenters. The van der Waals surface area contributed by atoms with Gasteiger partial charge in [0.05, 0.1) is 0 Å². The van der Waals surface area contributed by atoms with Crippen LogP contribution < -0.4 is 10.4 Å². The molecule has 0 amide bonds. The van der Waals surface area contributed by atoms with Crippen LogP contribution in [0.2, 0.25) is 19.1 Å². The number of aryl methyl sites for hydroxylation is 1. The van der Waals surface area contributed by atoms with Crippen molar-refractivity contribution in [2.75, 3.05) is 0 Å². The molecule has 0 heterocycles. The highest BCUT2D eigenvalue weighted by Gasteiger charge is 2.42. The molecule has 3 aromatic rings. The van der Waals surface area contributed by atoms with Crippen molar-refractivity contribution >= 4 is 27.0 Å². The minimum atomic E-state index is -2.19. The van der Waals surface area contributed by atoms with Gasteiger partial charge in [0.25, 0.3) is 0 Å². The third-order valence-corrected chi connectivity index (χ3v) is 15.0. The van der Waals surface area contributed by atoms with Gasteiger partial charge in [-0.25, -0.2) is 0 Å². The predicted octanol–water partition coefficient (Wildman–Crippen LogP) is 5.86. The van der Waals surface area contributed by atoms with Crippen LogP contribution in [0.4, 0.5) is 0 Å². The molecule has 0 spiro atoms. The summed E-state index contributed by atoms with van der Waals surface area (Å²) in [6.07, 6.45) is 2.43. The fourth-order valence-corrected chi connectivity index (χ4v) is 14.1. The molecule has 0 N–H and O–H groups in total. The molecule has 0 radical (unpaired) electrons. The van der Waals surface area contributed by atoms with Crippen molar-refractivity contribution in [2.24, 2.45) is 0 Å². The van der Waals surface area contributed by atoms with Crippen molar-refractivity contribution in [3.05, 3.63) is 96.1 Å². The zero-order valence-corrected chi connectivity index (χ0v) is 20.3. The summed E-state index contributed by atoms with van der Waals surface area (Å²) < 4.78 is 7.41. The van der Waals surface area contributed by atoms with Gasteiger partial charge in [0.1, 0.15) is 0 Å². The molecule has 0 saturated carbocycles. The van der Waals surface area contributed by atoms with Crippen LogP contribution in [-0.4, -0.2) is 16.6 Å². The van der Waals surface area contributed by atoms with Crippen LogP contribution >= 0.6 is 0 Å². The van der Waals surface area contributed by atoms with E-state index in [-0.39, 0.29) is 0 Å². The topological polar surface area (TPSA) is 9.23 Å². The third-order valence-electron chi connectivity index (χ3n) is 5.89. The quantitative estimate of drug-likeness (QED) is 0.396. The fraction of sp³-hybridized carbons (Fsp3) is 0.308. The van der Waals surface area contributed by atoms with E-state index in [9.17, 15) is 0 Å². The van der Waals surface area contributed by atoms with Crippen LogP contribution in [0.3, 0.4) is 0 Å². The zero-order chi connectivity index (χ0) is 20.7. The molecule has 29 heavy (non-hydrogen) atoms. The van der Waals surface area contributed by atoms with E-state index in [0.29, 0.717) is 0 Å². The Hall–Kier alpha value is -1.95. The van der Waals surface area contributed by atoms with Gasteiger partial charge in [0.2, 0.25) is 16.6 Å². The van der Waals surface area contributed by atoms with E-state index in [0.717, 1.165) is 6.04 Å². The molecule has 3 heteroatoms. The van der Waals surface area contributed by atoms with Gasteiger partial charge in [0.15, 0.2) is 0 Å². The Morgan fingerprint density at radius 3 is 1.72 bits per heavy atom. The lowest BCUT2D eigenvalue weighted by Crippen LogP contribution is -2.61. The number of benzene rings is 3. The normalized spacial score (nSPS) is 15.4. The maximum absolute atomic E-state index is 7.41. The molecule has 0 aliphatic rings. The van der Waals surface area contributed by atoms with Gasteiger partial charge in [0, 0.05) is 0 Å². The van der Waals surface area contributed by atoms with Gasteiger partial charge in [-0.05, 0) is 48.0 Å². The smallest absolute Gasteiger partial charge is 0.213 e. The van der Waals surface area contributed by atoms with Crippen molar-refractivity contribution in [2.45, 2.75) is 51.9 Å². The highest BCUT2D eigenvalue weighted by atomic mass is 28.4. The Morgan fingerprint density at radius 2 is 1.21 bits per heavy atom.